The summed E-state index contributed by atoms with van der Waals surface area (Å²) in [4.78, 5) is 12.0. The van der Waals surface area contributed by atoms with Crippen molar-refractivity contribution in [2.45, 2.75) is 19.0 Å². The van der Waals surface area contributed by atoms with Gasteiger partial charge in [0, 0.05) is 13.6 Å². The van der Waals surface area contributed by atoms with Gasteiger partial charge in [-0.15, -0.1) is 0 Å². The van der Waals surface area contributed by atoms with Crippen LogP contribution in [0.15, 0.2) is 6.20 Å². The predicted octanol–water partition coefficient (Wildman–Crippen LogP) is 1.27. The first-order valence-corrected chi connectivity index (χ1v) is 5.15. The molecular weight excluding hydrogens is 215 g/mol. The Hall–Kier alpha value is -1.66. The van der Waals surface area contributed by atoms with Crippen LogP contribution in [0.3, 0.4) is 0 Å². The molecule has 2 heterocycles. The minimum Gasteiger partial charge on any atom is -0.348 e. The molecule has 7 heteroatoms. The van der Waals surface area contributed by atoms with Gasteiger partial charge in [-0.2, -0.15) is 5.10 Å². The number of rotatable bonds is 2. The molecule has 0 saturated carbocycles. The number of hydrogen-bond acceptors (Lipinski definition) is 4. The molecule has 1 aromatic rings. The number of anilines is 1. The lowest BCUT2D eigenvalue weighted by Gasteiger charge is -2.29. The molecule has 1 aliphatic heterocycles. The van der Waals surface area contributed by atoms with Gasteiger partial charge in [0.25, 0.3) is 0 Å². The molecule has 1 unspecified atom stereocenters. The van der Waals surface area contributed by atoms with Crippen molar-refractivity contribution in [3.8, 4) is 0 Å². The van der Waals surface area contributed by atoms with Gasteiger partial charge in [0.1, 0.15) is 12.4 Å². The van der Waals surface area contributed by atoms with Gasteiger partial charge in [-0.25, -0.2) is 9.07 Å². The molecular formula is C9H13FN4O2. The van der Waals surface area contributed by atoms with Crippen LogP contribution in [0.5, 0.6) is 0 Å². The van der Waals surface area contributed by atoms with E-state index in [1.165, 1.54) is 10.9 Å². The molecule has 6 nitrogen and oxygen atoms in total. The van der Waals surface area contributed by atoms with Crippen LogP contribution < -0.4 is 4.90 Å². The Kier molecular flexibility index (Phi) is 2.76. The van der Waals surface area contributed by atoms with Crippen LogP contribution in [0.25, 0.3) is 0 Å². The van der Waals surface area contributed by atoms with E-state index < -0.39 is 11.1 Å². The summed E-state index contributed by atoms with van der Waals surface area (Å²) < 4.78 is 14.7. The largest absolute Gasteiger partial charge is 0.348 e. The summed E-state index contributed by atoms with van der Waals surface area (Å²) in [5, 5.41) is 14.6. The highest BCUT2D eigenvalue weighted by atomic mass is 19.1. The van der Waals surface area contributed by atoms with E-state index in [0.29, 0.717) is 25.2 Å². The van der Waals surface area contributed by atoms with Crippen molar-refractivity contribution in [2.24, 2.45) is 7.05 Å². The van der Waals surface area contributed by atoms with Gasteiger partial charge in [0.15, 0.2) is 0 Å². The van der Waals surface area contributed by atoms with Crippen molar-refractivity contribution >= 4 is 11.5 Å². The fourth-order valence-electron chi connectivity index (χ4n) is 2.03. The summed E-state index contributed by atoms with van der Waals surface area (Å²) in [7, 11) is 1.63. The summed E-state index contributed by atoms with van der Waals surface area (Å²) in [5.74, 6) is 0.396. The number of aryl methyl sites for hydroxylation is 1. The fourth-order valence-corrected chi connectivity index (χ4v) is 2.03. The van der Waals surface area contributed by atoms with Crippen molar-refractivity contribution < 1.29 is 9.31 Å². The zero-order chi connectivity index (χ0) is 11.7. The van der Waals surface area contributed by atoms with Crippen LogP contribution in [0.2, 0.25) is 0 Å². The minimum atomic E-state index is -0.914. The highest BCUT2D eigenvalue weighted by molar-refractivity contribution is 5.57. The van der Waals surface area contributed by atoms with Gasteiger partial charge in [0.2, 0.25) is 5.82 Å². The van der Waals surface area contributed by atoms with E-state index in [1.807, 2.05) is 0 Å². The lowest BCUT2D eigenvalue weighted by Crippen LogP contribution is -2.37. The molecule has 0 spiro atoms. The molecule has 1 fully saturated rings. The molecule has 0 N–H and O–H groups in total. The number of piperidine rings is 1. The number of nitro groups is 1. The van der Waals surface area contributed by atoms with Crippen LogP contribution in [-0.4, -0.2) is 34.0 Å². The monoisotopic (exact) mass is 228 g/mol. The molecule has 0 amide bonds. The van der Waals surface area contributed by atoms with E-state index in [9.17, 15) is 14.5 Å². The van der Waals surface area contributed by atoms with Crippen LogP contribution >= 0.6 is 0 Å². The van der Waals surface area contributed by atoms with Crippen molar-refractivity contribution in [3.63, 3.8) is 0 Å². The molecule has 1 atom stereocenters. The molecule has 0 radical (unpaired) electrons. The molecule has 1 aliphatic rings. The molecule has 2 rings (SSSR count). The van der Waals surface area contributed by atoms with Crippen LogP contribution in [0.4, 0.5) is 15.9 Å². The van der Waals surface area contributed by atoms with E-state index in [2.05, 4.69) is 5.10 Å². The second kappa shape index (κ2) is 4.07. The van der Waals surface area contributed by atoms with E-state index >= 15 is 0 Å². The molecule has 0 aromatic carbocycles. The first-order valence-electron chi connectivity index (χ1n) is 5.15. The molecule has 0 bridgehead atoms. The van der Waals surface area contributed by atoms with Crippen molar-refractivity contribution in [3.05, 3.63) is 16.3 Å². The average Bonchev–Trinajstić information content (AvgIpc) is 2.60. The van der Waals surface area contributed by atoms with Crippen molar-refractivity contribution in [2.75, 3.05) is 18.0 Å². The molecule has 1 aromatic heterocycles. The Morgan fingerprint density at radius 1 is 1.69 bits per heavy atom. The normalized spacial score (nSPS) is 21.1. The third-order valence-electron chi connectivity index (χ3n) is 2.75. The highest BCUT2D eigenvalue weighted by Crippen LogP contribution is 2.29. The summed E-state index contributed by atoms with van der Waals surface area (Å²) in [6, 6.07) is 0. The smallest absolute Gasteiger partial charge is 0.331 e. The van der Waals surface area contributed by atoms with Crippen molar-refractivity contribution in [1.82, 2.24) is 9.78 Å². The van der Waals surface area contributed by atoms with Gasteiger partial charge in [-0.05, 0) is 12.8 Å². The Morgan fingerprint density at radius 3 is 3.06 bits per heavy atom. The lowest BCUT2D eigenvalue weighted by molar-refractivity contribution is -0.384. The number of hydrogen-bond donors (Lipinski definition) is 0. The molecule has 16 heavy (non-hydrogen) atoms. The summed E-state index contributed by atoms with van der Waals surface area (Å²) >= 11 is 0. The van der Waals surface area contributed by atoms with Crippen LogP contribution in [-0.2, 0) is 7.05 Å². The topological polar surface area (TPSA) is 64.2 Å². The van der Waals surface area contributed by atoms with Gasteiger partial charge < -0.3 is 4.90 Å². The second-order valence-electron chi connectivity index (χ2n) is 3.92. The zero-order valence-electron chi connectivity index (χ0n) is 8.97. The Bertz CT molecular complexity index is 406. The minimum absolute atomic E-state index is 0.0587. The Morgan fingerprint density at radius 2 is 2.44 bits per heavy atom. The quantitative estimate of drug-likeness (QED) is 0.564. The van der Waals surface area contributed by atoms with E-state index in [4.69, 9.17) is 0 Å². The zero-order valence-corrected chi connectivity index (χ0v) is 8.97. The van der Waals surface area contributed by atoms with E-state index in [0.717, 1.165) is 0 Å². The maximum absolute atomic E-state index is 13.2. The standard InChI is InChI=1S/C9H13FN4O2/c1-12-9(8(5-11-12)14(15)16)13-4-2-3-7(10)6-13/h5,7H,2-4,6H2,1H3. The summed E-state index contributed by atoms with van der Waals surface area (Å²) in [5.41, 5.74) is -0.0587. The third kappa shape index (κ3) is 1.84. The number of aromatic nitrogens is 2. The maximum atomic E-state index is 13.2. The van der Waals surface area contributed by atoms with Crippen LogP contribution in [0, 0.1) is 10.1 Å². The van der Waals surface area contributed by atoms with E-state index in [1.54, 1.807) is 11.9 Å². The maximum Gasteiger partial charge on any atom is 0.331 e. The Balaban J connectivity index is 2.31. The van der Waals surface area contributed by atoms with Gasteiger partial charge in [-0.1, -0.05) is 0 Å². The second-order valence-corrected chi connectivity index (χ2v) is 3.92. The van der Waals surface area contributed by atoms with Crippen molar-refractivity contribution in [1.29, 1.82) is 0 Å². The number of nitrogens with zero attached hydrogens (tertiary/aromatic N) is 4. The van der Waals surface area contributed by atoms with Crippen LogP contribution in [0.1, 0.15) is 12.8 Å². The first-order chi connectivity index (χ1) is 7.59. The fraction of sp³-hybridized carbons (Fsp3) is 0.667. The molecule has 88 valence electrons. The average molecular weight is 228 g/mol. The summed E-state index contributed by atoms with van der Waals surface area (Å²) in [6.07, 6.45) is 1.53. The molecule has 0 aliphatic carbocycles. The summed E-state index contributed by atoms with van der Waals surface area (Å²) in [6.45, 7) is 0.848. The van der Waals surface area contributed by atoms with E-state index in [-0.39, 0.29) is 12.2 Å². The Labute approximate surface area is 91.8 Å². The number of halogens is 1. The highest BCUT2D eigenvalue weighted by Gasteiger charge is 2.28. The number of alkyl halides is 1. The SMILES string of the molecule is Cn1ncc([N+](=O)[O-])c1N1CCCC(F)C1. The van der Waals surface area contributed by atoms with Gasteiger partial charge in [-0.3, -0.25) is 10.1 Å². The first kappa shape index (κ1) is 10.8. The molecule has 1 saturated heterocycles. The van der Waals surface area contributed by atoms with Gasteiger partial charge >= 0.3 is 5.69 Å². The lowest BCUT2D eigenvalue weighted by atomic mass is 10.1. The predicted molar refractivity (Wildman–Crippen MR) is 56.2 cm³/mol. The van der Waals surface area contributed by atoms with Gasteiger partial charge in [0.05, 0.1) is 11.5 Å². The third-order valence-corrected chi connectivity index (χ3v) is 2.75.